The third-order valence-electron chi connectivity index (χ3n) is 3.58. The normalized spacial score (nSPS) is 12.6. The Bertz CT molecular complexity index is 1120. The van der Waals surface area contributed by atoms with Crippen LogP contribution in [0.2, 0.25) is 5.15 Å². The summed E-state index contributed by atoms with van der Waals surface area (Å²) in [6.45, 7) is -2.66. The molecule has 0 radical (unpaired) electrons. The van der Waals surface area contributed by atoms with Crippen LogP contribution in [0.1, 0.15) is 9.81 Å². The number of hydrogen-bond acceptors (Lipinski definition) is 8. The highest BCUT2D eigenvalue weighted by molar-refractivity contribution is 6.29. The van der Waals surface area contributed by atoms with Crippen molar-refractivity contribution in [1.82, 2.24) is 35.5 Å². The molecule has 0 aliphatic carbocycles. The number of aryl methyl sites for hydroxylation is 1. The highest BCUT2D eigenvalue weighted by Crippen LogP contribution is 2.36. The second-order valence-corrected chi connectivity index (χ2v) is 5.86. The van der Waals surface area contributed by atoms with Gasteiger partial charge >= 0.3 is 0 Å². The van der Waals surface area contributed by atoms with Crippen LogP contribution in [0.4, 0.5) is 15.9 Å². The summed E-state index contributed by atoms with van der Waals surface area (Å²) < 4.78 is 41.0. The maximum atomic E-state index is 14.3. The van der Waals surface area contributed by atoms with Crippen molar-refractivity contribution in [2.24, 2.45) is 7.05 Å². The molecule has 3 rings (SSSR count). The van der Waals surface area contributed by atoms with E-state index in [0.29, 0.717) is 5.69 Å². The van der Waals surface area contributed by atoms with Crippen molar-refractivity contribution in [3.05, 3.63) is 35.1 Å². The lowest BCUT2D eigenvalue weighted by atomic mass is 10.1. The molecule has 0 spiro atoms. The van der Waals surface area contributed by atoms with Gasteiger partial charge in [-0.05, 0) is 0 Å². The maximum Gasteiger partial charge on any atom is 0.225 e. The van der Waals surface area contributed by atoms with E-state index in [9.17, 15) is 9.18 Å². The van der Waals surface area contributed by atoms with Gasteiger partial charge in [0.25, 0.3) is 0 Å². The number of ether oxygens (including phenoxy) is 1. The minimum Gasteiger partial charge on any atom is -0.492 e. The monoisotopic (exact) mass is 409 g/mol. The molecule has 12 heteroatoms. The van der Waals surface area contributed by atoms with E-state index in [1.54, 1.807) is 7.05 Å². The van der Waals surface area contributed by atoms with E-state index in [1.165, 1.54) is 24.2 Å². The summed E-state index contributed by atoms with van der Waals surface area (Å²) in [7, 11) is 2.97. The first kappa shape index (κ1) is 15.7. The number of anilines is 2. The fraction of sp³-hybridized carbons (Fsp3) is 0.250. The van der Waals surface area contributed by atoms with Gasteiger partial charge in [-0.15, -0.1) is 5.10 Å². The van der Waals surface area contributed by atoms with E-state index in [1.807, 2.05) is 5.32 Å². The molecule has 3 heterocycles. The zero-order chi connectivity index (χ0) is 22.8. The van der Waals surface area contributed by atoms with Gasteiger partial charge in [0.2, 0.25) is 11.9 Å². The second kappa shape index (κ2) is 8.13. The molecule has 0 unspecified atom stereocenters. The predicted molar refractivity (Wildman–Crippen MR) is 98.8 cm³/mol. The first-order chi connectivity index (χ1) is 14.6. The summed E-state index contributed by atoms with van der Waals surface area (Å²) in [6.07, 6.45) is 0.996. The average Bonchev–Trinajstić information content (AvgIpc) is 3.08. The Morgan fingerprint density at radius 1 is 1.43 bits per heavy atom. The molecule has 0 aromatic carbocycles. The maximum absolute atomic E-state index is 14.3. The SMILES string of the molecule is [2H]C([2H])([2H])NC(=O)Cc1nnc(Cl)cc1Nc1nc(F)cc(-c2cnn(C)n2)c1OC. The van der Waals surface area contributed by atoms with Crippen LogP contribution in [0.3, 0.4) is 0 Å². The van der Waals surface area contributed by atoms with Crippen LogP contribution < -0.4 is 15.4 Å². The number of halogens is 2. The van der Waals surface area contributed by atoms with Gasteiger partial charge in [0.15, 0.2) is 16.7 Å². The van der Waals surface area contributed by atoms with Crippen molar-refractivity contribution in [2.45, 2.75) is 6.42 Å². The first-order valence-electron chi connectivity index (χ1n) is 9.27. The van der Waals surface area contributed by atoms with E-state index in [-0.39, 0.29) is 33.7 Å². The molecular formula is C16H16ClFN8O2. The van der Waals surface area contributed by atoms with E-state index in [2.05, 4.69) is 30.7 Å². The highest BCUT2D eigenvalue weighted by atomic mass is 35.5. The van der Waals surface area contributed by atoms with Crippen molar-refractivity contribution >= 4 is 29.0 Å². The van der Waals surface area contributed by atoms with Gasteiger partial charge in [0.1, 0.15) is 5.69 Å². The Hall–Kier alpha value is -3.34. The van der Waals surface area contributed by atoms with Gasteiger partial charge in [-0.25, -0.2) is 0 Å². The van der Waals surface area contributed by atoms with E-state index < -0.39 is 25.3 Å². The number of amides is 1. The smallest absolute Gasteiger partial charge is 0.225 e. The molecule has 0 saturated heterocycles. The molecule has 0 saturated carbocycles. The fourth-order valence-electron chi connectivity index (χ4n) is 2.41. The molecule has 0 aliphatic heterocycles. The first-order valence-corrected chi connectivity index (χ1v) is 8.15. The third kappa shape index (κ3) is 4.14. The lowest BCUT2D eigenvalue weighted by molar-refractivity contribution is -0.120. The molecule has 0 bridgehead atoms. The highest BCUT2D eigenvalue weighted by Gasteiger charge is 2.20. The third-order valence-corrected chi connectivity index (χ3v) is 3.77. The minimum absolute atomic E-state index is 0.0213. The zero-order valence-corrected chi connectivity index (χ0v) is 15.5. The zero-order valence-electron chi connectivity index (χ0n) is 17.7. The number of methoxy groups -OCH3 is 1. The molecule has 146 valence electrons. The standard InChI is InChI=1S/C16H16ClFN8O2/c1-19-14(27)6-10-9(5-12(17)24-23-10)21-16-15(28-3)8(4-13(18)22-16)11-7-20-26(2)25-11/h4-5,7H,6H2,1-3H3,(H,19,27)(H,21,22,24)/i1D3. The van der Waals surface area contributed by atoms with Crippen LogP contribution in [-0.4, -0.2) is 50.2 Å². The number of likely N-dealkylation sites (N-methyl/N-ethyl adjacent to an activating group) is 1. The van der Waals surface area contributed by atoms with Crippen LogP contribution in [0.25, 0.3) is 11.3 Å². The lowest BCUT2D eigenvalue weighted by Crippen LogP contribution is -2.21. The van der Waals surface area contributed by atoms with Gasteiger partial charge < -0.3 is 15.4 Å². The number of pyridine rings is 1. The predicted octanol–water partition coefficient (Wildman–Crippen LogP) is 1.50. The summed E-state index contributed by atoms with van der Waals surface area (Å²) in [4.78, 5) is 17.1. The molecule has 10 nitrogen and oxygen atoms in total. The van der Waals surface area contributed by atoms with Crippen LogP contribution in [0, 0.1) is 5.95 Å². The van der Waals surface area contributed by atoms with E-state index in [4.69, 9.17) is 20.5 Å². The summed E-state index contributed by atoms with van der Waals surface area (Å²) in [5.74, 6) is -1.56. The van der Waals surface area contributed by atoms with Crippen LogP contribution in [0.5, 0.6) is 5.75 Å². The van der Waals surface area contributed by atoms with Crippen molar-refractivity contribution < 1.29 is 18.0 Å². The van der Waals surface area contributed by atoms with Gasteiger partial charge in [-0.1, -0.05) is 11.6 Å². The number of carbonyl (C=O) groups excluding carboxylic acids is 1. The molecule has 3 aromatic rings. The van der Waals surface area contributed by atoms with Crippen LogP contribution in [-0.2, 0) is 18.3 Å². The molecule has 28 heavy (non-hydrogen) atoms. The average molecular weight is 410 g/mol. The molecular weight excluding hydrogens is 391 g/mol. The quantitative estimate of drug-likeness (QED) is 0.588. The largest absolute Gasteiger partial charge is 0.492 e. The molecule has 0 fully saturated rings. The van der Waals surface area contributed by atoms with Crippen LogP contribution in [0.15, 0.2) is 18.3 Å². The van der Waals surface area contributed by atoms with Crippen molar-refractivity contribution in [2.75, 3.05) is 19.4 Å². The molecule has 2 N–H and O–H groups in total. The Labute approximate surface area is 168 Å². The topological polar surface area (TPSA) is 120 Å². The number of nitrogens with one attached hydrogen (secondary N) is 2. The van der Waals surface area contributed by atoms with E-state index >= 15 is 0 Å². The van der Waals surface area contributed by atoms with Gasteiger partial charge in [0, 0.05) is 30.3 Å². The fourth-order valence-corrected chi connectivity index (χ4v) is 2.56. The van der Waals surface area contributed by atoms with Crippen molar-refractivity contribution in [1.29, 1.82) is 0 Å². The van der Waals surface area contributed by atoms with Gasteiger partial charge in [-0.2, -0.15) is 29.5 Å². The molecule has 1 amide bonds. The number of hydrogen-bond donors (Lipinski definition) is 2. The van der Waals surface area contributed by atoms with Gasteiger partial charge in [0.05, 0.1) is 36.7 Å². The summed E-state index contributed by atoms with van der Waals surface area (Å²) in [6, 6.07) is 2.47. The summed E-state index contributed by atoms with van der Waals surface area (Å²) in [5.41, 5.74) is 0.828. The van der Waals surface area contributed by atoms with E-state index in [0.717, 1.165) is 6.07 Å². The molecule has 0 aliphatic rings. The second-order valence-electron chi connectivity index (χ2n) is 5.47. The number of aromatic nitrogens is 6. The number of nitrogens with zero attached hydrogens (tertiary/aromatic N) is 6. The molecule has 3 aromatic heterocycles. The summed E-state index contributed by atoms with van der Waals surface area (Å²) in [5, 5.41) is 20.2. The summed E-state index contributed by atoms with van der Waals surface area (Å²) >= 11 is 5.91. The Morgan fingerprint density at radius 3 is 2.93 bits per heavy atom. The van der Waals surface area contributed by atoms with Crippen LogP contribution >= 0.6 is 11.6 Å². The molecule has 0 atom stereocenters. The minimum atomic E-state index is -2.66. The Morgan fingerprint density at radius 2 is 2.25 bits per heavy atom. The van der Waals surface area contributed by atoms with Crippen molar-refractivity contribution in [3.63, 3.8) is 0 Å². The van der Waals surface area contributed by atoms with Crippen molar-refractivity contribution in [3.8, 4) is 17.0 Å². The Balaban J connectivity index is 2.00. The lowest BCUT2D eigenvalue weighted by Gasteiger charge is -2.15. The number of rotatable bonds is 6. The number of carbonyl (C=O) groups is 1. The van der Waals surface area contributed by atoms with Gasteiger partial charge in [-0.3, -0.25) is 4.79 Å². The Kier molecular flexibility index (Phi) is 4.56.